The lowest BCUT2D eigenvalue weighted by Gasteiger charge is -2.26. The number of nitrogen functional groups attached to an aromatic ring is 1. The van der Waals surface area contributed by atoms with Gasteiger partial charge in [0.2, 0.25) is 10.0 Å². The van der Waals surface area contributed by atoms with Gasteiger partial charge in [-0.05, 0) is 35.0 Å². The molecule has 6 nitrogen and oxygen atoms in total. The van der Waals surface area contributed by atoms with Gasteiger partial charge in [0.15, 0.2) is 0 Å². The van der Waals surface area contributed by atoms with Crippen LogP contribution in [-0.2, 0) is 14.8 Å². The fourth-order valence-electron chi connectivity index (χ4n) is 2.05. The molecule has 0 bridgehead atoms. The summed E-state index contributed by atoms with van der Waals surface area (Å²) in [6.07, 6.45) is -0.193. The van der Waals surface area contributed by atoms with Crippen molar-refractivity contribution in [2.45, 2.75) is 29.9 Å². The van der Waals surface area contributed by atoms with E-state index in [0.717, 1.165) is 12.1 Å². The van der Waals surface area contributed by atoms with Crippen LogP contribution >= 0.6 is 15.9 Å². The van der Waals surface area contributed by atoms with Gasteiger partial charge in [-0.25, -0.2) is 17.5 Å². The fourth-order valence-corrected chi connectivity index (χ4v) is 3.56. The summed E-state index contributed by atoms with van der Waals surface area (Å²) in [5.74, 6) is -0.925. The van der Waals surface area contributed by atoms with Crippen LogP contribution in [0.4, 0.5) is 10.1 Å². The first-order valence-electron chi connectivity index (χ1n) is 6.24. The minimum Gasteiger partial charge on any atom is -0.398 e. The van der Waals surface area contributed by atoms with Crippen molar-refractivity contribution in [3.63, 3.8) is 0 Å². The molecular weight excluding hydrogens is 367 g/mol. The van der Waals surface area contributed by atoms with Gasteiger partial charge in [0, 0.05) is 29.7 Å². The second kappa shape index (κ2) is 5.81. The topological polar surface area (TPSA) is 102 Å². The van der Waals surface area contributed by atoms with Gasteiger partial charge in [0.05, 0.1) is 6.10 Å². The van der Waals surface area contributed by atoms with Gasteiger partial charge in [0.1, 0.15) is 16.3 Å². The number of nitrogens with one attached hydrogen (secondary N) is 1. The third-order valence-electron chi connectivity index (χ3n) is 3.57. The zero-order chi connectivity index (χ0) is 15.8. The van der Waals surface area contributed by atoms with Crippen molar-refractivity contribution in [3.8, 4) is 0 Å². The van der Waals surface area contributed by atoms with Crippen molar-refractivity contribution in [2.24, 2.45) is 0 Å². The Morgan fingerprint density at radius 3 is 2.86 bits per heavy atom. The highest BCUT2D eigenvalue weighted by atomic mass is 79.9. The van der Waals surface area contributed by atoms with E-state index >= 15 is 0 Å². The highest BCUT2D eigenvalue weighted by molar-refractivity contribution is 9.10. The van der Waals surface area contributed by atoms with Crippen molar-refractivity contribution >= 4 is 31.6 Å². The molecule has 2 unspecified atom stereocenters. The number of sulfonamides is 1. The van der Waals surface area contributed by atoms with Crippen LogP contribution in [0.15, 0.2) is 21.5 Å². The predicted octanol–water partition coefficient (Wildman–Crippen LogP) is 0.989. The number of ether oxygens (including phenoxy) is 1. The summed E-state index contributed by atoms with van der Waals surface area (Å²) in [4.78, 5) is -0.557. The Morgan fingerprint density at radius 2 is 2.29 bits per heavy atom. The lowest BCUT2D eigenvalue weighted by Crippen LogP contribution is -2.47. The van der Waals surface area contributed by atoms with Crippen molar-refractivity contribution in [1.82, 2.24) is 4.72 Å². The molecule has 0 radical (unpaired) electrons. The third kappa shape index (κ3) is 3.37. The summed E-state index contributed by atoms with van der Waals surface area (Å²) < 4.78 is 45.8. The van der Waals surface area contributed by atoms with Gasteiger partial charge in [-0.1, -0.05) is 0 Å². The summed E-state index contributed by atoms with van der Waals surface area (Å²) in [7, 11) is -4.12. The molecular formula is C12H16BrFN2O4S. The van der Waals surface area contributed by atoms with E-state index in [4.69, 9.17) is 10.5 Å². The molecule has 1 heterocycles. The molecule has 0 aromatic heterocycles. The summed E-state index contributed by atoms with van der Waals surface area (Å²) in [5, 5.41) is 10.3. The minimum absolute atomic E-state index is 0.105. The molecule has 0 amide bonds. The summed E-state index contributed by atoms with van der Waals surface area (Å²) in [5.41, 5.74) is 4.38. The molecule has 1 saturated heterocycles. The molecule has 0 saturated carbocycles. The molecule has 1 aliphatic rings. The van der Waals surface area contributed by atoms with Crippen LogP contribution in [0, 0.1) is 5.82 Å². The standard InChI is InChI=1S/C12H16BrFN2O4S/c1-7-12(17,2-3-20-7)6-16-21(18,19)11-5-10(15)8(13)4-9(11)14/h4-5,7,16-17H,2-3,6,15H2,1H3. The SMILES string of the molecule is CC1OCCC1(O)CNS(=O)(=O)c1cc(N)c(Br)cc1F. The highest BCUT2D eigenvalue weighted by Gasteiger charge is 2.40. The predicted molar refractivity (Wildman–Crippen MR) is 78.7 cm³/mol. The van der Waals surface area contributed by atoms with E-state index in [2.05, 4.69) is 20.7 Å². The maximum Gasteiger partial charge on any atom is 0.243 e. The number of anilines is 1. The zero-order valence-corrected chi connectivity index (χ0v) is 13.7. The van der Waals surface area contributed by atoms with E-state index in [0.29, 0.717) is 13.0 Å². The number of nitrogens with two attached hydrogens (primary N) is 1. The number of hydrogen-bond acceptors (Lipinski definition) is 5. The first-order valence-corrected chi connectivity index (χ1v) is 8.51. The van der Waals surface area contributed by atoms with Crippen molar-refractivity contribution in [2.75, 3.05) is 18.9 Å². The van der Waals surface area contributed by atoms with E-state index in [1.165, 1.54) is 0 Å². The molecule has 21 heavy (non-hydrogen) atoms. The average Bonchev–Trinajstić information content (AvgIpc) is 2.72. The molecule has 0 aliphatic carbocycles. The molecule has 1 aromatic carbocycles. The number of rotatable bonds is 4. The van der Waals surface area contributed by atoms with Gasteiger partial charge >= 0.3 is 0 Å². The Kier molecular flexibility index (Phi) is 4.60. The number of hydrogen-bond donors (Lipinski definition) is 3. The average molecular weight is 383 g/mol. The largest absolute Gasteiger partial charge is 0.398 e. The maximum atomic E-state index is 13.8. The number of benzene rings is 1. The molecule has 1 aromatic rings. The summed E-state index contributed by atoms with van der Waals surface area (Å²) in [6, 6.07) is 2.01. The Morgan fingerprint density at radius 1 is 1.62 bits per heavy atom. The van der Waals surface area contributed by atoms with Crippen molar-refractivity contribution in [3.05, 3.63) is 22.4 Å². The van der Waals surface area contributed by atoms with Gasteiger partial charge < -0.3 is 15.6 Å². The third-order valence-corrected chi connectivity index (χ3v) is 5.67. The number of aliphatic hydroxyl groups is 1. The van der Waals surface area contributed by atoms with E-state index in [1.54, 1.807) is 6.92 Å². The first-order chi connectivity index (χ1) is 9.66. The van der Waals surface area contributed by atoms with Crippen molar-refractivity contribution in [1.29, 1.82) is 0 Å². The minimum atomic E-state index is -4.12. The lowest BCUT2D eigenvalue weighted by atomic mass is 9.97. The zero-order valence-electron chi connectivity index (χ0n) is 11.3. The van der Waals surface area contributed by atoms with Crippen LogP contribution in [0.5, 0.6) is 0 Å². The quantitative estimate of drug-likeness (QED) is 0.673. The smallest absolute Gasteiger partial charge is 0.243 e. The van der Waals surface area contributed by atoms with E-state index < -0.39 is 32.4 Å². The van der Waals surface area contributed by atoms with Crippen LogP contribution in [-0.4, -0.2) is 38.4 Å². The van der Waals surface area contributed by atoms with Crippen molar-refractivity contribution < 1.29 is 22.7 Å². The van der Waals surface area contributed by atoms with Gasteiger partial charge in [-0.15, -0.1) is 0 Å². The molecule has 2 atom stereocenters. The molecule has 118 valence electrons. The first kappa shape index (κ1) is 16.6. The molecule has 1 aliphatic heterocycles. The van der Waals surface area contributed by atoms with E-state index in [9.17, 15) is 17.9 Å². The summed E-state index contributed by atoms with van der Waals surface area (Å²) in [6.45, 7) is 1.74. The van der Waals surface area contributed by atoms with E-state index in [-0.39, 0.29) is 16.7 Å². The van der Waals surface area contributed by atoms with Crippen LogP contribution in [0.1, 0.15) is 13.3 Å². The van der Waals surface area contributed by atoms with E-state index in [1.807, 2.05) is 0 Å². The lowest BCUT2D eigenvalue weighted by molar-refractivity contribution is -0.0228. The molecule has 1 fully saturated rings. The Hall–Kier alpha value is -0.740. The Bertz CT molecular complexity index is 655. The Balaban J connectivity index is 2.21. The van der Waals surface area contributed by atoms with Crippen LogP contribution in [0.3, 0.4) is 0 Å². The van der Waals surface area contributed by atoms with Gasteiger partial charge in [-0.2, -0.15) is 0 Å². The summed E-state index contributed by atoms with van der Waals surface area (Å²) >= 11 is 3.02. The number of halogens is 2. The molecule has 0 spiro atoms. The van der Waals surface area contributed by atoms with Gasteiger partial charge in [-0.3, -0.25) is 0 Å². The fraction of sp³-hybridized carbons (Fsp3) is 0.500. The Labute approximate surface area is 130 Å². The van der Waals surface area contributed by atoms with Crippen LogP contribution in [0.25, 0.3) is 0 Å². The maximum absolute atomic E-state index is 13.8. The second-order valence-corrected chi connectivity index (χ2v) is 7.59. The van der Waals surface area contributed by atoms with Crippen LogP contribution < -0.4 is 10.5 Å². The normalized spacial score (nSPS) is 26.2. The second-order valence-electron chi connectivity index (χ2n) is 5.00. The van der Waals surface area contributed by atoms with Crippen LogP contribution in [0.2, 0.25) is 0 Å². The highest BCUT2D eigenvalue weighted by Crippen LogP contribution is 2.28. The van der Waals surface area contributed by atoms with Gasteiger partial charge in [0.25, 0.3) is 0 Å². The molecule has 4 N–H and O–H groups in total. The molecule has 9 heteroatoms. The monoisotopic (exact) mass is 382 g/mol. The molecule has 2 rings (SSSR count).